The van der Waals surface area contributed by atoms with E-state index in [1.54, 1.807) is 0 Å². The number of carbonyl (C=O) groups excluding carboxylic acids is 1. The third kappa shape index (κ3) is 5.79. The summed E-state index contributed by atoms with van der Waals surface area (Å²) >= 11 is 0. The van der Waals surface area contributed by atoms with Crippen LogP contribution in [-0.4, -0.2) is 36.2 Å². The van der Waals surface area contributed by atoms with Crippen molar-refractivity contribution in [2.75, 3.05) is 18.0 Å². The number of aromatic nitrogens is 1. The minimum atomic E-state index is 0.0661. The molecular weight excluding hydrogens is 338 g/mol. The van der Waals surface area contributed by atoms with Crippen LogP contribution in [0.15, 0.2) is 42.6 Å². The fourth-order valence-corrected chi connectivity index (χ4v) is 3.49. The Balaban J connectivity index is 1.46. The first kappa shape index (κ1) is 19.4. The number of hydrogen-bond acceptors (Lipinski definition) is 4. The summed E-state index contributed by atoms with van der Waals surface area (Å²) in [5.41, 5.74) is 3.44. The second-order valence-corrected chi connectivity index (χ2v) is 7.45. The molecule has 2 atom stereocenters. The number of rotatable bonds is 6. The van der Waals surface area contributed by atoms with Gasteiger partial charge in [0.1, 0.15) is 5.82 Å². The van der Waals surface area contributed by atoms with Gasteiger partial charge in [-0.25, -0.2) is 4.98 Å². The minimum Gasteiger partial charge on any atom is -0.372 e. The van der Waals surface area contributed by atoms with Gasteiger partial charge >= 0.3 is 0 Å². The molecular formula is C22H29N3O2. The molecule has 5 heteroatoms. The summed E-state index contributed by atoms with van der Waals surface area (Å²) in [5, 5.41) is 2.98. The molecule has 0 bridgehead atoms. The quantitative estimate of drug-likeness (QED) is 0.851. The van der Waals surface area contributed by atoms with E-state index in [0.717, 1.165) is 30.9 Å². The highest BCUT2D eigenvalue weighted by Crippen LogP contribution is 2.18. The van der Waals surface area contributed by atoms with E-state index in [4.69, 9.17) is 4.74 Å². The van der Waals surface area contributed by atoms with Crippen LogP contribution in [0.1, 0.15) is 37.0 Å². The molecule has 3 rings (SSSR count). The van der Waals surface area contributed by atoms with E-state index in [2.05, 4.69) is 54.2 Å². The maximum atomic E-state index is 12.1. The topological polar surface area (TPSA) is 54.5 Å². The van der Waals surface area contributed by atoms with E-state index in [1.807, 2.05) is 24.4 Å². The van der Waals surface area contributed by atoms with Crippen LogP contribution in [0.3, 0.4) is 0 Å². The summed E-state index contributed by atoms with van der Waals surface area (Å²) in [7, 11) is 0. The van der Waals surface area contributed by atoms with Crippen molar-refractivity contribution in [2.24, 2.45) is 0 Å². The van der Waals surface area contributed by atoms with Crippen LogP contribution >= 0.6 is 0 Å². The van der Waals surface area contributed by atoms with E-state index >= 15 is 0 Å². The Labute approximate surface area is 161 Å². The third-order valence-electron chi connectivity index (χ3n) is 4.77. The first-order valence-electron chi connectivity index (χ1n) is 9.67. The standard InChI is InChI=1S/C22H29N3O2/c1-16-5-4-6-19(11-16)8-10-22(26)24-13-20-7-9-21(23-12-20)25-14-17(2)27-18(3)15-25/h4-7,9,11-12,17-18H,8,10,13-15H2,1-3H3,(H,24,26). The number of carbonyl (C=O) groups is 1. The Hall–Kier alpha value is -2.40. The minimum absolute atomic E-state index is 0.0661. The fraction of sp³-hybridized carbons (Fsp3) is 0.455. The predicted octanol–water partition coefficient (Wildman–Crippen LogP) is 3.25. The number of morpholine rings is 1. The Morgan fingerprint density at radius 1 is 1.19 bits per heavy atom. The Bertz CT molecular complexity index is 750. The number of benzene rings is 1. The first-order chi connectivity index (χ1) is 13.0. The van der Waals surface area contributed by atoms with Gasteiger partial charge in [-0.05, 0) is 44.4 Å². The number of amides is 1. The van der Waals surface area contributed by atoms with Crippen LogP contribution in [0.5, 0.6) is 0 Å². The van der Waals surface area contributed by atoms with Gasteiger partial charge in [-0.2, -0.15) is 0 Å². The molecule has 1 amide bonds. The number of pyridine rings is 1. The molecule has 1 aliphatic heterocycles. The van der Waals surface area contributed by atoms with Gasteiger partial charge in [-0.15, -0.1) is 0 Å². The lowest BCUT2D eigenvalue weighted by molar-refractivity contribution is -0.121. The van der Waals surface area contributed by atoms with Crippen molar-refractivity contribution in [3.05, 3.63) is 59.3 Å². The molecule has 0 spiro atoms. The Kier molecular flexibility index (Phi) is 6.45. The van der Waals surface area contributed by atoms with E-state index < -0.39 is 0 Å². The van der Waals surface area contributed by atoms with Crippen molar-refractivity contribution in [1.82, 2.24) is 10.3 Å². The van der Waals surface area contributed by atoms with E-state index in [0.29, 0.717) is 13.0 Å². The summed E-state index contributed by atoms with van der Waals surface area (Å²) in [4.78, 5) is 18.9. The number of aryl methyl sites for hydroxylation is 2. The number of nitrogens with one attached hydrogen (secondary N) is 1. The maximum absolute atomic E-state index is 12.1. The summed E-state index contributed by atoms with van der Waals surface area (Å²) < 4.78 is 5.77. The largest absolute Gasteiger partial charge is 0.372 e. The molecule has 0 saturated carbocycles. The van der Waals surface area contributed by atoms with Crippen LogP contribution < -0.4 is 10.2 Å². The van der Waals surface area contributed by atoms with Crippen molar-refractivity contribution in [3.63, 3.8) is 0 Å². The van der Waals surface area contributed by atoms with Crippen molar-refractivity contribution >= 4 is 11.7 Å². The molecule has 144 valence electrons. The highest BCUT2D eigenvalue weighted by atomic mass is 16.5. The van der Waals surface area contributed by atoms with Gasteiger partial charge in [-0.3, -0.25) is 4.79 Å². The lowest BCUT2D eigenvalue weighted by Crippen LogP contribution is -2.45. The van der Waals surface area contributed by atoms with Gasteiger partial charge in [-0.1, -0.05) is 35.9 Å². The average molecular weight is 367 g/mol. The summed E-state index contributed by atoms with van der Waals surface area (Å²) in [6, 6.07) is 12.4. The lowest BCUT2D eigenvalue weighted by atomic mass is 10.1. The molecule has 1 N–H and O–H groups in total. The maximum Gasteiger partial charge on any atom is 0.220 e. The summed E-state index contributed by atoms with van der Waals surface area (Å²) in [6.07, 6.45) is 3.53. The van der Waals surface area contributed by atoms with Gasteiger partial charge in [0, 0.05) is 32.3 Å². The third-order valence-corrected chi connectivity index (χ3v) is 4.77. The number of hydrogen-bond donors (Lipinski definition) is 1. The zero-order valence-electron chi connectivity index (χ0n) is 16.4. The molecule has 2 aromatic rings. The van der Waals surface area contributed by atoms with Crippen molar-refractivity contribution in [1.29, 1.82) is 0 Å². The van der Waals surface area contributed by atoms with Crippen LogP contribution in [0, 0.1) is 6.92 Å². The van der Waals surface area contributed by atoms with Gasteiger partial charge in [0.2, 0.25) is 5.91 Å². The SMILES string of the molecule is Cc1cccc(CCC(=O)NCc2ccc(N3CC(C)OC(C)C3)nc2)c1. The molecule has 2 unspecified atom stereocenters. The highest BCUT2D eigenvalue weighted by molar-refractivity contribution is 5.76. The van der Waals surface area contributed by atoms with E-state index in [1.165, 1.54) is 11.1 Å². The average Bonchev–Trinajstić information content (AvgIpc) is 2.64. The number of nitrogens with zero attached hydrogens (tertiary/aromatic N) is 2. The molecule has 1 saturated heterocycles. The zero-order valence-corrected chi connectivity index (χ0v) is 16.4. The normalized spacial score (nSPS) is 19.7. The van der Waals surface area contributed by atoms with Crippen LogP contribution in [-0.2, 0) is 22.5 Å². The Morgan fingerprint density at radius 2 is 1.96 bits per heavy atom. The molecule has 1 fully saturated rings. The molecule has 27 heavy (non-hydrogen) atoms. The van der Waals surface area contributed by atoms with Gasteiger partial charge in [0.15, 0.2) is 0 Å². The zero-order chi connectivity index (χ0) is 19.2. The van der Waals surface area contributed by atoms with Crippen LogP contribution in [0.2, 0.25) is 0 Å². The van der Waals surface area contributed by atoms with Crippen molar-refractivity contribution in [3.8, 4) is 0 Å². The number of ether oxygens (including phenoxy) is 1. The monoisotopic (exact) mass is 367 g/mol. The molecule has 2 heterocycles. The van der Waals surface area contributed by atoms with Crippen LogP contribution in [0.4, 0.5) is 5.82 Å². The van der Waals surface area contributed by atoms with Crippen molar-refractivity contribution in [2.45, 2.75) is 52.4 Å². The first-order valence-corrected chi connectivity index (χ1v) is 9.67. The fourth-order valence-electron chi connectivity index (χ4n) is 3.49. The van der Waals surface area contributed by atoms with E-state index in [-0.39, 0.29) is 18.1 Å². The molecule has 1 aliphatic rings. The van der Waals surface area contributed by atoms with Crippen LogP contribution in [0.25, 0.3) is 0 Å². The molecule has 5 nitrogen and oxygen atoms in total. The van der Waals surface area contributed by atoms with E-state index in [9.17, 15) is 4.79 Å². The number of anilines is 1. The van der Waals surface area contributed by atoms with Crippen molar-refractivity contribution < 1.29 is 9.53 Å². The summed E-state index contributed by atoms with van der Waals surface area (Å²) in [6.45, 7) is 8.46. The predicted molar refractivity (Wildman–Crippen MR) is 108 cm³/mol. The smallest absolute Gasteiger partial charge is 0.220 e. The molecule has 0 radical (unpaired) electrons. The second-order valence-electron chi connectivity index (χ2n) is 7.45. The summed E-state index contributed by atoms with van der Waals surface area (Å²) in [5.74, 6) is 1.03. The molecule has 1 aromatic carbocycles. The lowest BCUT2D eigenvalue weighted by Gasteiger charge is -2.36. The van der Waals surface area contributed by atoms with Gasteiger partial charge < -0.3 is 15.0 Å². The Morgan fingerprint density at radius 3 is 2.63 bits per heavy atom. The molecule has 1 aromatic heterocycles. The second kappa shape index (κ2) is 9.00. The highest BCUT2D eigenvalue weighted by Gasteiger charge is 2.22. The molecule has 0 aliphatic carbocycles. The van der Waals surface area contributed by atoms with Gasteiger partial charge in [0.05, 0.1) is 12.2 Å². The van der Waals surface area contributed by atoms with Gasteiger partial charge in [0.25, 0.3) is 0 Å².